The molecule has 0 aliphatic carbocycles. The van der Waals surface area contributed by atoms with Gasteiger partial charge in [-0.1, -0.05) is 6.07 Å². The molecule has 1 aromatic heterocycles. The first-order chi connectivity index (χ1) is 12.3. The smallest absolute Gasteiger partial charge is 0.477 e. The molecule has 27 heavy (non-hydrogen) atoms. The monoisotopic (exact) mass is 395 g/mol. The van der Waals surface area contributed by atoms with E-state index in [0.29, 0.717) is 10.7 Å². The number of nitriles is 1. The van der Waals surface area contributed by atoms with Crippen LogP contribution in [0.2, 0.25) is 0 Å². The van der Waals surface area contributed by atoms with Crippen molar-refractivity contribution in [1.82, 2.24) is 9.78 Å². The van der Waals surface area contributed by atoms with Gasteiger partial charge in [0.05, 0.1) is 17.3 Å². The molecule has 7 nitrogen and oxygen atoms in total. The van der Waals surface area contributed by atoms with E-state index in [9.17, 15) is 31.1 Å². The van der Waals surface area contributed by atoms with Gasteiger partial charge in [-0.15, -0.1) is 0 Å². The lowest BCUT2D eigenvalue weighted by molar-refractivity contribution is -0.192. The summed E-state index contributed by atoms with van der Waals surface area (Å²) in [5, 5.41) is 28.1. The molecule has 0 aliphatic heterocycles. The van der Waals surface area contributed by atoms with Crippen LogP contribution in [0.25, 0.3) is 5.69 Å². The molecule has 2 rings (SSSR count). The zero-order valence-corrected chi connectivity index (χ0v) is 12.7. The fourth-order valence-corrected chi connectivity index (χ4v) is 1.58. The number of halogens is 6. The molecule has 1 heterocycles. The predicted molar refractivity (Wildman–Crippen MR) is 73.9 cm³/mol. The fourth-order valence-electron chi connectivity index (χ4n) is 1.58. The van der Waals surface area contributed by atoms with Crippen molar-refractivity contribution in [3.63, 3.8) is 0 Å². The molecule has 0 fully saturated rings. The van der Waals surface area contributed by atoms with Crippen LogP contribution in [0.5, 0.6) is 0 Å². The van der Waals surface area contributed by atoms with Crippen molar-refractivity contribution in [2.45, 2.75) is 12.4 Å². The summed E-state index contributed by atoms with van der Waals surface area (Å²) in [7, 11) is 0. The van der Waals surface area contributed by atoms with Gasteiger partial charge in [0.15, 0.2) is 11.4 Å². The molecule has 0 saturated heterocycles. The van der Waals surface area contributed by atoms with Gasteiger partial charge in [-0.3, -0.25) is 0 Å². The van der Waals surface area contributed by atoms with Gasteiger partial charge in [0.1, 0.15) is 0 Å². The Balaban J connectivity index is 0.000000445. The van der Waals surface area contributed by atoms with Crippen LogP contribution in [0.3, 0.4) is 0 Å². The van der Waals surface area contributed by atoms with Gasteiger partial charge in [0, 0.05) is 6.07 Å². The number of carboxylic acid groups (broad SMARTS) is 2. The van der Waals surface area contributed by atoms with E-state index in [0.717, 1.165) is 0 Å². The Labute approximate surface area is 145 Å². The predicted octanol–water partition coefficient (Wildman–Crippen LogP) is 3.09. The number of carboxylic acids is 2. The highest BCUT2D eigenvalue weighted by atomic mass is 19.4. The first-order valence-electron chi connectivity index (χ1n) is 6.48. The van der Waals surface area contributed by atoms with Crippen LogP contribution in [0.1, 0.15) is 21.7 Å². The third kappa shape index (κ3) is 5.73. The summed E-state index contributed by atoms with van der Waals surface area (Å²) in [6.07, 6.45) is -9.83. The minimum absolute atomic E-state index is 0.0666. The lowest BCUT2D eigenvalue weighted by Crippen LogP contribution is -2.21. The highest BCUT2D eigenvalue weighted by Crippen LogP contribution is 2.29. The second-order valence-electron chi connectivity index (χ2n) is 4.59. The van der Waals surface area contributed by atoms with E-state index in [1.165, 1.54) is 24.3 Å². The van der Waals surface area contributed by atoms with Crippen LogP contribution in [-0.2, 0) is 11.0 Å². The normalized spacial score (nSPS) is 11.1. The largest absolute Gasteiger partial charge is 0.490 e. The van der Waals surface area contributed by atoms with Crippen molar-refractivity contribution in [1.29, 1.82) is 5.26 Å². The Morgan fingerprint density at radius 3 is 2.04 bits per heavy atom. The molecule has 0 unspecified atom stereocenters. The Morgan fingerprint density at radius 1 is 1.07 bits per heavy atom. The molecule has 0 spiro atoms. The molecule has 13 heteroatoms. The zero-order valence-electron chi connectivity index (χ0n) is 12.7. The molecule has 0 saturated carbocycles. The van der Waals surface area contributed by atoms with E-state index >= 15 is 0 Å². The van der Waals surface area contributed by atoms with Crippen molar-refractivity contribution in [3.05, 3.63) is 47.3 Å². The fraction of sp³-hybridized carbons (Fsp3) is 0.143. The first kappa shape index (κ1) is 21.5. The molecular weight excluding hydrogens is 388 g/mol. The van der Waals surface area contributed by atoms with Crippen molar-refractivity contribution < 1.29 is 46.1 Å². The van der Waals surface area contributed by atoms with Crippen molar-refractivity contribution in [2.75, 3.05) is 0 Å². The first-order valence-corrected chi connectivity index (χ1v) is 6.48. The Morgan fingerprint density at radius 2 is 1.63 bits per heavy atom. The quantitative estimate of drug-likeness (QED) is 0.755. The zero-order chi connectivity index (χ0) is 21.0. The number of hydrogen-bond donors (Lipinski definition) is 2. The Kier molecular flexibility index (Phi) is 6.18. The van der Waals surface area contributed by atoms with Crippen LogP contribution < -0.4 is 0 Å². The number of alkyl halides is 6. The maximum atomic E-state index is 12.6. The number of aliphatic carboxylic acids is 1. The summed E-state index contributed by atoms with van der Waals surface area (Å²) in [6.45, 7) is 0. The second kappa shape index (κ2) is 7.77. The number of aromatic nitrogens is 2. The van der Waals surface area contributed by atoms with Gasteiger partial charge in [0.2, 0.25) is 0 Å². The number of carbonyl (C=O) groups is 2. The van der Waals surface area contributed by atoms with E-state index < -0.39 is 35.7 Å². The highest BCUT2D eigenvalue weighted by Gasteiger charge is 2.38. The minimum Gasteiger partial charge on any atom is -0.477 e. The molecule has 0 bridgehead atoms. The van der Waals surface area contributed by atoms with E-state index in [1.807, 2.05) is 6.07 Å². The van der Waals surface area contributed by atoms with Crippen LogP contribution >= 0.6 is 0 Å². The van der Waals surface area contributed by atoms with Crippen LogP contribution in [0.15, 0.2) is 30.3 Å². The molecule has 0 aliphatic rings. The molecular formula is C14H7F6N3O4. The van der Waals surface area contributed by atoms with E-state index in [2.05, 4.69) is 5.10 Å². The van der Waals surface area contributed by atoms with E-state index in [4.69, 9.17) is 20.3 Å². The minimum atomic E-state index is -5.08. The lowest BCUT2D eigenvalue weighted by Gasteiger charge is -2.04. The summed E-state index contributed by atoms with van der Waals surface area (Å²) in [4.78, 5) is 19.9. The molecule has 144 valence electrons. The Bertz CT molecular complexity index is 895. The molecule has 2 N–H and O–H groups in total. The van der Waals surface area contributed by atoms with Crippen molar-refractivity contribution in [2.24, 2.45) is 0 Å². The average Bonchev–Trinajstić information content (AvgIpc) is 3.00. The van der Waals surface area contributed by atoms with Gasteiger partial charge in [-0.25, -0.2) is 14.3 Å². The van der Waals surface area contributed by atoms with Gasteiger partial charge in [-0.05, 0) is 18.2 Å². The maximum Gasteiger partial charge on any atom is 0.490 e. The summed E-state index contributed by atoms with van der Waals surface area (Å²) >= 11 is 0. The summed E-state index contributed by atoms with van der Waals surface area (Å²) < 4.78 is 70.1. The standard InChI is InChI=1S/C12H6F3N3O2.C2HF3O2/c13-12(14,15)10-5-9(11(19)20)18(17-10)8-3-1-2-7(4-8)6-16;3-2(4,5)1(6)7/h1-5H,(H,19,20);(H,6,7). The third-order valence-electron chi connectivity index (χ3n) is 2.68. The SMILES string of the molecule is N#Cc1cccc(-n2nc(C(F)(F)F)cc2C(=O)O)c1.O=C(O)C(F)(F)F. The number of rotatable bonds is 2. The molecule has 0 amide bonds. The van der Waals surface area contributed by atoms with Crippen molar-refractivity contribution >= 4 is 11.9 Å². The molecule has 0 radical (unpaired) electrons. The van der Waals surface area contributed by atoms with E-state index in [1.54, 1.807) is 0 Å². The Hall–Kier alpha value is -3.56. The summed E-state index contributed by atoms with van der Waals surface area (Å²) in [6, 6.07) is 7.74. The van der Waals surface area contributed by atoms with Gasteiger partial charge in [-0.2, -0.15) is 36.7 Å². The van der Waals surface area contributed by atoms with Crippen molar-refractivity contribution in [3.8, 4) is 11.8 Å². The third-order valence-corrected chi connectivity index (χ3v) is 2.68. The number of nitrogens with zero attached hydrogens (tertiary/aromatic N) is 3. The summed E-state index contributed by atoms with van der Waals surface area (Å²) in [5.74, 6) is -4.30. The van der Waals surface area contributed by atoms with Gasteiger partial charge < -0.3 is 10.2 Å². The molecule has 0 atom stereocenters. The van der Waals surface area contributed by atoms with Crippen LogP contribution in [0.4, 0.5) is 26.3 Å². The van der Waals surface area contributed by atoms with Gasteiger partial charge in [0.25, 0.3) is 0 Å². The van der Waals surface area contributed by atoms with Crippen LogP contribution in [-0.4, -0.2) is 38.1 Å². The number of hydrogen-bond acceptors (Lipinski definition) is 4. The molecule has 2 aromatic rings. The van der Waals surface area contributed by atoms with Gasteiger partial charge >= 0.3 is 24.3 Å². The maximum absolute atomic E-state index is 12.6. The second-order valence-corrected chi connectivity index (χ2v) is 4.59. The van der Waals surface area contributed by atoms with Crippen LogP contribution in [0, 0.1) is 11.3 Å². The number of aromatic carboxylic acids is 1. The lowest BCUT2D eigenvalue weighted by atomic mass is 10.2. The summed E-state index contributed by atoms with van der Waals surface area (Å²) in [5.41, 5.74) is -1.69. The molecule has 1 aromatic carbocycles. The topological polar surface area (TPSA) is 116 Å². The van der Waals surface area contributed by atoms with E-state index in [-0.39, 0.29) is 11.3 Å². The average molecular weight is 395 g/mol. The highest BCUT2D eigenvalue weighted by molar-refractivity contribution is 5.86. The number of benzene rings is 1.